The second-order valence-electron chi connectivity index (χ2n) is 7.87. The predicted molar refractivity (Wildman–Crippen MR) is 128 cm³/mol. The number of rotatable bonds is 6. The first kappa shape index (κ1) is 21.7. The van der Waals surface area contributed by atoms with Crippen LogP contribution in [0.15, 0.2) is 64.9 Å². The van der Waals surface area contributed by atoms with Crippen LogP contribution in [0.4, 0.5) is 11.4 Å². The molecule has 8 heteroatoms. The zero-order valence-electron chi connectivity index (χ0n) is 17.8. The summed E-state index contributed by atoms with van der Waals surface area (Å²) in [6.07, 6.45) is 0. The molecule has 1 saturated heterocycles. The average Bonchev–Trinajstić information content (AvgIpc) is 3.28. The third-order valence-electron chi connectivity index (χ3n) is 5.30. The number of hydrogen-bond donors (Lipinski definition) is 2. The van der Waals surface area contributed by atoms with Crippen LogP contribution in [0.5, 0.6) is 5.75 Å². The molecule has 3 aromatic rings. The summed E-state index contributed by atoms with van der Waals surface area (Å²) in [5.74, 6) is 0.484. The van der Waals surface area contributed by atoms with Gasteiger partial charge < -0.3 is 15.0 Å². The maximum atomic E-state index is 13.2. The Hall–Kier alpha value is -2.55. The van der Waals surface area contributed by atoms with E-state index in [4.69, 9.17) is 4.74 Å². The molecule has 6 nitrogen and oxygen atoms in total. The van der Waals surface area contributed by atoms with Gasteiger partial charge in [-0.3, -0.25) is 4.72 Å². The molecule has 0 unspecified atom stereocenters. The highest BCUT2D eigenvalue weighted by molar-refractivity contribution is 7.92. The van der Waals surface area contributed by atoms with Crippen LogP contribution in [0.1, 0.15) is 13.8 Å². The minimum absolute atomic E-state index is 0.218. The Morgan fingerprint density at radius 2 is 1.84 bits per heavy atom. The van der Waals surface area contributed by atoms with E-state index < -0.39 is 10.0 Å². The lowest BCUT2D eigenvalue weighted by Gasteiger charge is -2.38. The zero-order chi connectivity index (χ0) is 22.0. The van der Waals surface area contributed by atoms with E-state index in [-0.39, 0.29) is 4.90 Å². The topological polar surface area (TPSA) is 70.7 Å². The van der Waals surface area contributed by atoms with Crippen LogP contribution >= 0.6 is 11.3 Å². The van der Waals surface area contributed by atoms with E-state index in [1.165, 1.54) is 0 Å². The number of nitrogens with one attached hydrogen (secondary N) is 2. The minimum Gasteiger partial charge on any atom is -0.495 e. The second kappa shape index (κ2) is 8.90. The normalized spacial score (nSPS) is 19.3. The quantitative estimate of drug-likeness (QED) is 0.574. The highest BCUT2D eigenvalue weighted by atomic mass is 32.2. The van der Waals surface area contributed by atoms with Crippen molar-refractivity contribution in [1.29, 1.82) is 0 Å². The molecule has 2 aromatic carbocycles. The van der Waals surface area contributed by atoms with Gasteiger partial charge in [-0.1, -0.05) is 18.2 Å². The Bertz CT molecular complexity index is 1140. The predicted octanol–water partition coefficient (Wildman–Crippen LogP) is 4.41. The highest BCUT2D eigenvalue weighted by Crippen LogP contribution is 2.33. The van der Waals surface area contributed by atoms with Gasteiger partial charge in [0, 0.05) is 35.7 Å². The molecule has 2 atom stereocenters. The molecule has 0 saturated carbocycles. The molecule has 1 fully saturated rings. The molecular weight excluding hydrogens is 430 g/mol. The molecule has 1 aliphatic heterocycles. The Morgan fingerprint density at radius 3 is 2.52 bits per heavy atom. The van der Waals surface area contributed by atoms with Gasteiger partial charge in [0.1, 0.15) is 5.75 Å². The first-order valence-corrected chi connectivity index (χ1v) is 12.6. The van der Waals surface area contributed by atoms with Crippen molar-refractivity contribution in [3.8, 4) is 16.2 Å². The van der Waals surface area contributed by atoms with E-state index in [2.05, 4.69) is 28.8 Å². The molecule has 164 valence electrons. The van der Waals surface area contributed by atoms with Crippen LogP contribution in [-0.2, 0) is 10.0 Å². The Morgan fingerprint density at radius 1 is 1.06 bits per heavy atom. The van der Waals surface area contributed by atoms with Crippen molar-refractivity contribution in [1.82, 2.24) is 5.32 Å². The number of methoxy groups -OCH3 is 1. The monoisotopic (exact) mass is 457 g/mol. The summed E-state index contributed by atoms with van der Waals surface area (Å²) in [5.41, 5.74) is 2.27. The molecular formula is C23H27N3O3S2. The fraction of sp³-hybridized carbons (Fsp3) is 0.304. The maximum absolute atomic E-state index is 13.2. The van der Waals surface area contributed by atoms with Gasteiger partial charge in [-0.05, 0) is 61.2 Å². The summed E-state index contributed by atoms with van der Waals surface area (Å²) in [6, 6.07) is 17.3. The van der Waals surface area contributed by atoms with E-state index in [1.807, 2.05) is 41.8 Å². The summed E-state index contributed by atoms with van der Waals surface area (Å²) in [7, 11) is -2.24. The number of nitrogens with zero attached hydrogens (tertiary/aromatic N) is 1. The van der Waals surface area contributed by atoms with Gasteiger partial charge in [0.2, 0.25) is 0 Å². The number of thiophene rings is 1. The first-order valence-electron chi connectivity index (χ1n) is 10.2. The van der Waals surface area contributed by atoms with Gasteiger partial charge in [0.25, 0.3) is 10.0 Å². The van der Waals surface area contributed by atoms with Crippen molar-refractivity contribution in [3.63, 3.8) is 0 Å². The molecule has 1 aromatic heterocycles. The van der Waals surface area contributed by atoms with Crippen LogP contribution in [0.2, 0.25) is 0 Å². The number of anilines is 2. The summed E-state index contributed by atoms with van der Waals surface area (Å²) >= 11 is 1.58. The van der Waals surface area contributed by atoms with Crippen molar-refractivity contribution < 1.29 is 13.2 Å². The van der Waals surface area contributed by atoms with Crippen LogP contribution in [-0.4, -0.2) is 40.7 Å². The van der Waals surface area contributed by atoms with E-state index in [1.54, 1.807) is 36.6 Å². The second-order valence-corrected chi connectivity index (χ2v) is 10.5. The first-order chi connectivity index (χ1) is 14.9. The minimum atomic E-state index is -3.78. The van der Waals surface area contributed by atoms with Crippen LogP contribution in [0.3, 0.4) is 0 Å². The van der Waals surface area contributed by atoms with Gasteiger partial charge in [0.15, 0.2) is 0 Å². The van der Waals surface area contributed by atoms with Crippen molar-refractivity contribution in [2.75, 3.05) is 29.8 Å². The summed E-state index contributed by atoms with van der Waals surface area (Å²) in [4.78, 5) is 3.51. The molecule has 0 amide bonds. The number of ether oxygens (including phenoxy) is 1. The van der Waals surface area contributed by atoms with Crippen LogP contribution in [0, 0.1) is 0 Å². The molecule has 31 heavy (non-hydrogen) atoms. The molecule has 0 spiro atoms. The van der Waals surface area contributed by atoms with Gasteiger partial charge in [-0.15, -0.1) is 11.3 Å². The van der Waals surface area contributed by atoms with Crippen molar-refractivity contribution in [2.45, 2.75) is 30.8 Å². The lowest BCUT2D eigenvalue weighted by Crippen LogP contribution is -2.54. The SMILES string of the molecule is COc1ccc(N2C[C@@H](C)N[C@@H](C)C2)cc1NS(=O)(=O)c1cccc(-c2cccs2)c1. The maximum Gasteiger partial charge on any atom is 0.262 e. The molecule has 2 heterocycles. The number of piperazine rings is 1. The van der Waals surface area contributed by atoms with Gasteiger partial charge in [-0.2, -0.15) is 0 Å². The Labute approximate surface area is 187 Å². The van der Waals surface area contributed by atoms with E-state index in [0.29, 0.717) is 23.5 Å². The number of benzene rings is 2. The van der Waals surface area contributed by atoms with E-state index >= 15 is 0 Å². The largest absolute Gasteiger partial charge is 0.495 e. The molecule has 0 bridgehead atoms. The summed E-state index contributed by atoms with van der Waals surface area (Å²) in [6.45, 7) is 6.00. The molecule has 1 aliphatic rings. The van der Waals surface area contributed by atoms with Crippen molar-refractivity contribution >= 4 is 32.7 Å². The van der Waals surface area contributed by atoms with Crippen LogP contribution in [0.25, 0.3) is 10.4 Å². The Balaban J connectivity index is 1.64. The van der Waals surface area contributed by atoms with E-state index in [0.717, 1.165) is 29.2 Å². The molecule has 2 N–H and O–H groups in total. The van der Waals surface area contributed by atoms with Gasteiger partial charge in [0.05, 0.1) is 17.7 Å². The van der Waals surface area contributed by atoms with E-state index in [9.17, 15) is 8.42 Å². The van der Waals surface area contributed by atoms with Gasteiger partial charge in [-0.25, -0.2) is 8.42 Å². The molecule has 0 radical (unpaired) electrons. The number of hydrogen-bond acceptors (Lipinski definition) is 6. The van der Waals surface area contributed by atoms with Crippen molar-refractivity contribution in [3.05, 3.63) is 60.0 Å². The molecule has 0 aliphatic carbocycles. The fourth-order valence-electron chi connectivity index (χ4n) is 3.97. The lowest BCUT2D eigenvalue weighted by atomic mass is 10.1. The zero-order valence-corrected chi connectivity index (χ0v) is 19.5. The number of sulfonamides is 1. The lowest BCUT2D eigenvalue weighted by molar-refractivity contribution is 0.406. The van der Waals surface area contributed by atoms with Crippen LogP contribution < -0.4 is 19.7 Å². The molecule has 4 rings (SSSR count). The van der Waals surface area contributed by atoms with Crippen molar-refractivity contribution in [2.24, 2.45) is 0 Å². The average molecular weight is 458 g/mol. The fourth-order valence-corrected chi connectivity index (χ4v) is 5.80. The smallest absolute Gasteiger partial charge is 0.262 e. The highest BCUT2D eigenvalue weighted by Gasteiger charge is 2.23. The Kier molecular flexibility index (Phi) is 6.22. The third kappa shape index (κ3) is 4.87. The third-order valence-corrected chi connectivity index (χ3v) is 7.58. The summed E-state index contributed by atoms with van der Waals surface area (Å²) in [5, 5.41) is 5.49. The van der Waals surface area contributed by atoms with Gasteiger partial charge >= 0.3 is 0 Å². The summed E-state index contributed by atoms with van der Waals surface area (Å²) < 4.78 is 34.6. The standard InChI is InChI=1S/C23H27N3O3S2/c1-16-14-26(15-17(2)24-16)19-9-10-22(29-3)21(13-19)25-31(27,28)20-7-4-6-18(12-20)23-8-5-11-30-23/h4-13,16-17,24-25H,14-15H2,1-3H3/t16-,17+.